The van der Waals surface area contributed by atoms with Crippen molar-refractivity contribution >= 4 is 12.7 Å². The highest BCUT2D eigenvalue weighted by molar-refractivity contribution is 5.71. The van der Waals surface area contributed by atoms with Gasteiger partial charge in [-0.3, -0.25) is 4.79 Å². The molecule has 4 heteroatoms. The summed E-state index contributed by atoms with van der Waals surface area (Å²) in [7, 11) is 0. The third-order valence-corrected chi connectivity index (χ3v) is 1.26. The molecule has 12 heavy (non-hydrogen) atoms. The summed E-state index contributed by atoms with van der Waals surface area (Å²) in [6.45, 7) is 8.01. The van der Waals surface area contributed by atoms with Crippen molar-refractivity contribution in [3.8, 4) is 0 Å². The van der Waals surface area contributed by atoms with E-state index < -0.39 is 0 Å². The van der Waals surface area contributed by atoms with Crippen molar-refractivity contribution in [1.29, 1.82) is 0 Å². The molecule has 0 aliphatic rings. The summed E-state index contributed by atoms with van der Waals surface area (Å²) in [4.78, 5) is 10.9. The molecule has 0 fully saturated rings. The van der Waals surface area contributed by atoms with Crippen molar-refractivity contribution < 1.29 is 9.53 Å². The lowest BCUT2D eigenvalue weighted by molar-refractivity contribution is -0.147. The summed E-state index contributed by atoms with van der Waals surface area (Å²) in [5.74, 6) is -0.197. The van der Waals surface area contributed by atoms with E-state index in [1.54, 1.807) is 0 Å². The summed E-state index contributed by atoms with van der Waals surface area (Å²) in [5.41, 5.74) is 2.67. The smallest absolute Gasteiger partial charge is 0.308 e. The molecule has 0 amide bonds. The Hall–Kier alpha value is -1.06. The van der Waals surface area contributed by atoms with Crippen LogP contribution in [0.25, 0.3) is 0 Å². The van der Waals surface area contributed by atoms with Crippen LogP contribution >= 0.6 is 0 Å². The van der Waals surface area contributed by atoms with Gasteiger partial charge in [0.2, 0.25) is 0 Å². The summed E-state index contributed by atoms with van der Waals surface area (Å²) < 4.78 is 4.91. The Morgan fingerprint density at radius 1 is 1.67 bits per heavy atom. The van der Waals surface area contributed by atoms with Gasteiger partial charge in [0.15, 0.2) is 0 Å². The fourth-order valence-corrected chi connectivity index (χ4v) is 0.570. The molecule has 0 aromatic carbocycles. The fraction of sp³-hybridized carbons (Fsp3) is 0.750. The first-order valence-corrected chi connectivity index (χ1v) is 4.03. The summed E-state index contributed by atoms with van der Waals surface area (Å²) in [6.07, 6.45) is 0.761. The van der Waals surface area contributed by atoms with Crippen molar-refractivity contribution in [2.24, 2.45) is 11.0 Å². The van der Waals surface area contributed by atoms with E-state index in [4.69, 9.17) is 4.74 Å². The van der Waals surface area contributed by atoms with E-state index in [9.17, 15) is 4.79 Å². The van der Waals surface area contributed by atoms with Gasteiger partial charge in [0.05, 0.1) is 12.5 Å². The van der Waals surface area contributed by atoms with E-state index in [0.717, 1.165) is 6.42 Å². The molecule has 0 aliphatic heterocycles. The largest absolute Gasteiger partial charge is 0.465 e. The zero-order chi connectivity index (χ0) is 9.40. The minimum absolute atomic E-state index is 0.0458. The molecule has 0 spiro atoms. The monoisotopic (exact) mass is 172 g/mol. The third-order valence-electron chi connectivity index (χ3n) is 1.26. The fourth-order valence-electron chi connectivity index (χ4n) is 0.570. The van der Waals surface area contributed by atoms with Gasteiger partial charge >= 0.3 is 5.97 Å². The molecular formula is C8H16N2O2. The van der Waals surface area contributed by atoms with Gasteiger partial charge in [-0.25, -0.2) is 0 Å². The van der Waals surface area contributed by atoms with E-state index >= 15 is 0 Å². The van der Waals surface area contributed by atoms with Crippen molar-refractivity contribution in [2.45, 2.75) is 20.3 Å². The number of hydrogen-bond acceptors (Lipinski definition) is 4. The maximum Gasteiger partial charge on any atom is 0.308 e. The lowest BCUT2D eigenvalue weighted by atomic mass is 10.2. The molecule has 0 bridgehead atoms. The average Bonchev–Trinajstić information content (AvgIpc) is 2.03. The van der Waals surface area contributed by atoms with Gasteiger partial charge in [0.1, 0.15) is 0 Å². The van der Waals surface area contributed by atoms with Crippen molar-refractivity contribution in [2.75, 3.05) is 13.2 Å². The van der Waals surface area contributed by atoms with Gasteiger partial charge in [-0.15, -0.1) is 0 Å². The summed E-state index contributed by atoms with van der Waals surface area (Å²) in [5, 5.41) is 3.45. The first-order valence-electron chi connectivity index (χ1n) is 4.03. The number of carbonyl (C=O) groups is 1. The highest BCUT2D eigenvalue weighted by Gasteiger charge is 2.06. The molecule has 1 N–H and O–H groups in total. The number of ether oxygens (including phenoxy) is 1. The summed E-state index contributed by atoms with van der Waals surface area (Å²) >= 11 is 0. The lowest BCUT2D eigenvalue weighted by Gasteiger charge is -2.06. The number of hydrazone groups is 1. The number of rotatable bonds is 6. The second kappa shape index (κ2) is 6.64. The van der Waals surface area contributed by atoms with Crippen LogP contribution in [0, 0.1) is 5.92 Å². The predicted octanol–water partition coefficient (Wildman–Crippen LogP) is 0.781. The van der Waals surface area contributed by atoms with E-state index in [1.165, 1.54) is 0 Å². The van der Waals surface area contributed by atoms with Gasteiger partial charge in [0, 0.05) is 19.7 Å². The molecular weight excluding hydrogens is 156 g/mol. The molecule has 0 radical (unpaired) electrons. The zero-order valence-electron chi connectivity index (χ0n) is 7.67. The first-order chi connectivity index (χ1) is 5.68. The first kappa shape index (κ1) is 10.9. The third kappa shape index (κ3) is 5.70. The average molecular weight is 172 g/mol. The molecule has 0 rings (SSSR count). The molecule has 0 heterocycles. The normalized spacial score (nSPS) is 9.58. The van der Waals surface area contributed by atoms with Gasteiger partial charge in [-0.1, -0.05) is 13.8 Å². The van der Waals surface area contributed by atoms with E-state index in [-0.39, 0.29) is 11.9 Å². The Labute approximate surface area is 73.0 Å². The molecule has 0 aromatic heterocycles. The van der Waals surface area contributed by atoms with Gasteiger partial charge in [0.25, 0.3) is 0 Å². The minimum atomic E-state index is -0.151. The van der Waals surface area contributed by atoms with E-state index in [2.05, 4.69) is 17.2 Å². The van der Waals surface area contributed by atoms with Gasteiger partial charge in [-0.05, 0) is 0 Å². The van der Waals surface area contributed by atoms with Crippen LogP contribution in [0.15, 0.2) is 5.10 Å². The van der Waals surface area contributed by atoms with Gasteiger partial charge < -0.3 is 10.2 Å². The lowest BCUT2D eigenvalue weighted by Crippen LogP contribution is -2.15. The minimum Gasteiger partial charge on any atom is -0.465 e. The van der Waals surface area contributed by atoms with Crippen LogP contribution in [0.1, 0.15) is 20.3 Å². The van der Waals surface area contributed by atoms with Crippen LogP contribution in [-0.4, -0.2) is 25.8 Å². The highest BCUT2D eigenvalue weighted by Crippen LogP contribution is 1.95. The molecule has 0 aliphatic carbocycles. The Kier molecular flexibility index (Phi) is 6.05. The van der Waals surface area contributed by atoms with Crippen LogP contribution < -0.4 is 5.43 Å². The molecule has 70 valence electrons. The second-order valence-corrected chi connectivity index (χ2v) is 2.74. The van der Waals surface area contributed by atoms with Crippen LogP contribution in [0.3, 0.4) is 0 Å². The molecule has 0 saturated heterocycles. The zero-order valence-corrected chi connectivity index (χ0v) is 7.67. The van der Waals surface area contributed by atoms with Gasteiger partial charge in [-0.2, -0.15) is 5.10 Å². The second-order valence-electron chi connectivity index (χ2n) is 2.74. The molecule has 0 unspecified atom stereocenters. The number of carbonyl (C=O) groups excluding carboxylic acids is 1. The molecule has 0 aromatic rings. The number of hydrogen-bond donors (Lipinski definition) is 1. The SMILES string of the molecule is C=NNCCCOC(=O)C(C)C. The molecule has 0 atom stereocenters. The van der Waals surface area contributed by atoms with Crippen LogP contribution in [0.4, 0.5) is 0 Å². The Balaban J connectivity index is 3.19. The van der Waals surface area contributed by atoms with Crippen LogP contribution in [0.2, 0.25) is 0 Å². The Morgan fingerprint density at radius 3 is 2.83 bits per heavy atom. The quantitative estimate of drug-likeness (QED) is 0.279. The standard InChI is InChI=1S/C8H16N2O2/c1-7(2)8(11)12-6-4-5-10-9-3/h7,10H,3-6H2,1-2H3. The Bertz CT molecular complexity index is 146. The van der Waals surface area contributed by atoms with Crippen molar-refractivity contribution in [3.05, 3.63) is 0 Å². The molecule has 4 nitrogen and oxygen atoms in total. The number of nitrogens with one attached hydrogen (secondary N) is 1. The van der Waals surface area contributed by atoms with E-state index in [0.29, 0.717) is 13.2 Å². The molecule has 0 saturated carbocycles. The highest BCUT2D eigenvalue weighted by atomic mass is 16.5. The van der Waals surface area contributed by atoms with Crippen molar-refractivity contribution in [1.82, 2.24) is 5.43 Å². The predicted molar refractivity (Wildman–Crippen MR) is 48.0 cm³/mol. The Morgan fingerprint density at radius 2 is 2.33 bits per heavy atom. The number of nitrogens with zero attached hydrogens (tertiary/aromatic N) is 1. The summed E-state index contributed by atoms with van der Waals surface area (Å²) in [6, 6.07) is 0. The van der Waals surface area contributed by atoms with E-state index in [1.807, 2.05) is 13.8 Å². The number of esters is 1. The maximum absolute atomic E-state index is 10.9. The van der Waals surface area contributed by atoms with Crippen LogP contribution in [-0.2, 0) is 9.53 Å². The van der Waals surface area contributed by atoms with Crippen molar-refractivity contribution in [3.63, 3.8) is 0 Å². The maximum atomic E-state index is 10.9. The topological polar surface area (TPSA) is 50.7 Å². The van der Waals surface area contributed by atoms with Crippen LogP contribution in [0.5, 0.6) is 0 Å².